The van der Waals surface area contributed by atoms with Crippen molar-refractivity contribution < 1.29 is 13.2 Å². The molecule has 1 heterocycles. The van der Waals surface area contributed by atoms with Crippen LogP contribution in [0.5, 0.6) is 0 Å². The van der Waals surface area contributed by atoms with Crippen LogP contribution in [-0.4, -0.2) is 55.2 Å². The average Bonchev–Trinajstić information content (AvgIpc) is 2.86. The molecule has 6 nitrogen and oxygen atoms in total. The van der Waals surface area contributed by atoms with Crippen LogP contribution in [0.4, 0.5) is 10.5 Å². The summed E-state index contributed by atoms with van der Waals surface area (Å²) in [7, 11) is -3.25. The maximum atomic E-state index is 13.5. The van der Waals surface area contributed by atoms with E-state index in [1.54, 1.807) is 0 Å². The van der Waals surface area contributed by atoms with Crippen molar-refractivity contribution in [3.63, 3.8) is 0 Å². The van der Waals surface area contributed by atoms with Crippen LogP contribution < -0.4 is 5.32 Å². The summed E-state index contributed by atoms with van der Waals surface area (Å²) in [5, 5.41) is 4.12. The lowest BCUT2D eigenvalue weighted by Gasteiger charge is -2.40. The van der Waals surface area contributed by atoms with Gasteiger partial charge in [-0.1, -0.05) is 56.3 Å². The number of likely N-dealkylation sites (tertiary alicyclic amines) is 1. The molecule has 2 aromatic rings. The first-order valence-electron chi connectivity index (χ1n) is 13.0. The Morgan fingerprint density at radius 1 is 1.17 bits per heavy atom. The van der Waals surface area contributed by atoms with Gasteiger partial charge in [-0.05, 0) is 68.4 Å². The molecule has 196 valence electrons. The second kappa shape index (κ2) is 13.1. The van der Waals surface area contributed by atoms with Crippen LogP contribution in [0.1, 0.15) is 56.2 Å². The van der Waals surface area contributed by atoms with E-state index in [0.717, 1.165) is 53.7 Å². The first kappa shape index (κ1) is 27.9. The Morgan fingerprint density at radius 3 is 2.53 bits per heavy atom. The summed E-state index contributed by atoms with van der Waals surface area (Å²) in [5.74, 6) is 0.0336. The molecule has 1 fully saturated rings. The van der Waals surface area contributed by atoms with Gasteiger partial charge >= 0.3 is 6.03 Å². The van der Waals surface area contributed by atoms with Gasteiger partial charge in [-0.15, -0.1) is 0 Å². The minimum atomic E-state index is -3.25. The van der Waals surface area contributed by atoms with Crippen molar-refractivity contribution in [2.45, 2.75) is 71.5 Å². The highest BCUT2D eigenvalue weighted by Gasteiger charge is 2.29. The fourth-order valence-electron chi connectivity index (χ4n) is 4.95. The van der Waals surface area contributed by atoms with E-state index < -0.39 is 9.84 Å². The number of hydrogen-bond donors (Lipinski definition) is 1. The number of anilines is 1. The average molecular weight is 512 g/mol. The molecule has 7 heteroatoms. The van der Waals surface area contributed by atoms with Crippen LogP contribution in [0.15, 0.2) is 60.5 Å². The van der Waals surface area contributed by atoms with Crippen LogP contribution in [0.25, 0.3) is 0 Å². The van der Waals surface area contributed by atoms with Crippen LogP contribution in [0.3, 0.4) is 0 Å². The molecule has 1 unspecified atom stereocenters. The molecule has 2 amide bonds. The summed E-state index contributed by atoms with van der Waals surface area (Å²) >= 11 is 0. The standard InChI is InChI=1S/C29H41N3O3S/c1-5-9-24(4)31-17-14-28(15-18-31)32(29(33)30-27-13-7-10-23(3)20-27)22-26-12-8-11-25(21-26)16-19-36(34,35)6-2/h6-8,10-13,20-21,24,28H,2,5,9,14-19,22H2,1,3-4H3,(H,30,33). The number of benzene rings is 2. The zero-order chi connectivity index (χ0) is 26.1. The van der Waals surface area contributed by atoms with E-state index in [9.17, 15) is 13.2 Å². The highest BCUT2D eigenvalue weighted by atomic mass is 32.2. The van der Waals surface area contributed by atoms with Crippen molar-refractivity contribution in [3.8, 4) is 0 Å². The molecule has 3 rings (SSSR count). The Balaban J connectivity index is 1.76. The smallest absolute Gasteiger partial charge is 0.317 e. The van der Waals surface area contributed by atoms with E-state index >= 15 is 0 Å². The Morgan fingerprint density at radius 2 is 1.86 bits per heavy atom. The Kier molecular flexibility index (Phi) is 10.1. The number of carbonyl (C=O) groups is 1. The third-order valence-electron chi connectivity index (χ3n) is 7.07. The number of amides is 2. The monoisotopic (exact) mass is 511 g/mol. The van der Waals surface area contributed by atoms with Gasteiger partial charge in [0.05, 0.1) is 5.75 Å². The number of urea groups is 1. The Hall–Kier alpha value is -2.64. The second-order valence-electron chi connectivity index (χ2n) is 9.94. The van der Waals surface area contributed by atoms with Gasteiger partial charge in [0, 0.05) is 42.8 Å². The molecular weight excluding hydrogens is 470 g/mol. The van der Waals surface area contributed by atoms with Crippen molar-refractivity contribution in [3.05, 3.63) is 77.2 Å². The van der Waals surface area contributed by atoms with Crippen LogP contribution >= 0.6 is 0 Å². The lowest BCUT2D eigenvalue weighted by Crippen LogP contribution is -2.50. The van der Waals surface area contributed by atoms with Crippen molar-refractivity contribution in [2.75, 3.05) is 24.2 Å². The number of nitrogens with zero attached hydrogens (tertiary/aromatic N) is 2. The van der Waals surface area contributed by atoms with Crippen molar-refractivity contribution in [1.29, 1.82) is 0 Å². The van der Waals surface area contributed by atoms with Gasteiger partial charge in [-0.25, -0.2) is 13.2 Å². The van der Waals surface area contributed by atoms with Crippen molar-refractivity contribution in [1.82, 2.24) is 9.80 Å². The number of nitrogens with one attached hydrogen (secondary N) is 1. The molecule has 0 saturated carbocycles. The predicted octanol–water partition coefficient (Wildman–Crippen LogP) is 5.78. The SMILES string of the molecule is C=CS(=O)(=O)CCc1cccc(CN(C(=O)Nc2cccc(C)c2)C2CCN(C(C)CCC)CC2)c1. The molecule has 1 aliphatic heterocycles. The molecule has 0 aromatic heterocycles. The minimum absolute atomic E-state index is 0.0336. The molecule has 36 heavy (non-hydrogen) atoms. The molecule has 1 N–H and O–H groups in total. The third kappa shape index (κ3) is 8.20. The number of piperidine rings is 1. The van der Waals surface area contributed by atoms with Crippen LogP contribution in [0, 0.1) is 6.92 Å². The second-order valence-corrected chi connectivity index (χ2v) is 12.0. The molecule has 0 radical (unpaired) electrons. The van der Waals surface area contributed by atoms with E-state index in [2.05, 4.69) is 30.6 Å². The molecule has 1 saturated heterocycles. The summed E-state index contributed by atoms with van der Waals surface area (Å²) in [4.78, 5) is 18.0. The van der Waals surface area contributed by atoms with E-state index in [0.29, 0.717) is 19.0 Å². The molecule has 0 bridgehead atoms. The van der Waals surface area contributed by atoms with Gasteiger partial charge in [-0.2, -0.15) is 0 Å². The minimum Gasteiger partial charge on any atom is -0.317 e. The fourth-order valence-corrected chi connectivity index (χ4v) is 5.63. The molecule has 2 aromatic carbocycles. The lowest BCUT2D eigenvalue weighted by atomic mass is 9.99. The first-order valence-corrected chi connectivity index (χ1v) is 14.7. The maximum Gasteiger partial charge on any atom is 0.322 e. The highest BCUT2D eigenvalue weighted by Crippen LogP contribution is 2.23. The normalized spacial score (nSPS) is 15.9. The van der Waals surface area contributed by atoms with Gasteiger partial charge in [0.2, 0.25) is 0 Å². The third-order valence-corrected chi connectivity index (χ3v) is 8.35. The quantitative estimate of drug-likeness (QED) is 0.415. The molecule has 0 aliphatic carbocycles. The molecule has 1 aliphatic rings. The molecular formula is C29H41N3O3S. The fraction of sp³-hybridized carbons (Fsp3) is 0.483. The van der Waals surface area contributed by atoms with Gasteiger partial charge < -0.3 is 15.1 Å². The largest absolute Gasteiger partial charge is 0.322 e. The summed E-state index contributed by atoms with van der Waals surface area (Å²) < 4.78 is 23.7. The molecule has 1 atom stereocenters. The van der Waals surface area contributed by atoms with Crippen LogP contribution in [0.2, 0.25) is 0 Å². The maximum absolute atomic E-state index is 13.5. The Bertz CT molecular complexity index is 1120. The van der Waals surface area contributed by atoms with E-state index in [4.69, 9.17) is 0 Å². The zero-order valence-corrected chi connectivity index (χ0v) is 22.8. The van der Waals surface area contributed by atoms with Crippen LogP contribution in [-0.2, 0) is 22.8 Å². The van der Waals surface area contributed by atoms with E-state index in [1.165, 1.54) is 12.8 Å². The number of sulfone groups is 1. The summed E-state index contributed by atoms with van der Waals surface area (Å²) in [5.41, 5.74) is 3.84. The number of rotatable bonds is 11. The predicted molar refractivity (Wildman–Crippen MR) is 149 cm³/mol. The summed E-state index contributed by atoms with van der Waals surface area (Å²) in [6.07, 6.45) is 4.66. The van der Waals surface area contributed by atoms with E-state index in [1.807, 2.05) is 60.4 Å². The summed E-state index contributed by atoms with van der Waals surface area (Å²) in [6.45, 7) is 12.4. The number of carbonyl (C=O) groups excluding carboxylic acids is 1. The van der Waals surface area contributed by atoms with E-state index in [-0.39, 0.29) is 17.8 Å². The zero-order valence-electron chi connectivity index (χ0n) is 21.9. The number of aryl methyl sites for hydroxylation is 2. The van der Waals surface area contributed by atoms with Crippen molar-refractivity contribution in [2.24, 2.45) is 0 Å². The topological polar surface area (TPSA) is 69.7 Å². The van der Waals surface area contributed by atoms with Gasteiger partial charge in [0.1, 0.15) is 0 Å². The highest BCUT2D eigenvalue weighted by molar-refractivity contribution is 7.94. The first-order chi connectivity index (χ1) is 17.2. The molecule has 0 spiro atoms. The lowest BCUT2D eigenvalue weighted by molar-refractivity contribution is 0.0989. The van der Waals surface area contributed by atoms with Gasteiger partial charge in [-0.3, -0.25) is 0 Å². The Labute approximate surface area is 217 Å². The summed E-state index contributed by atoms with van der Waals surface area (Å²) in [6, 6.07) is 16.4. The van der Waals surface area contributed by atoms with Gasteiger partial charge in [0.15, 0.2) is 9.84 Å². The van der Waals surface area contributed by atoms with Gasteiger partial charge in [0.25, 0.3) is 0 Å². The number of hydrogen-bond acceptors (Lipinski definition) is 4. The van der Waals surface area contributed by atoms with Crippen molar-refractivity contribution >= 4 is 21.6 Å².